The van der Waals surface area contributed by atoms with E-state index in [-0.39, 0.29) is 11.8 Å². The SMILES string of the molecule is CCCCCCCCCCCCCCCCCC(=O)NCCOCCOCCNC(=O)CCCCCCCCCCCCCCCCC. The summed E-state index contributed by atoms with van der Waals surface area (Å²) in [5, 5.41) is 5.90. The normalized spacial score (nSPS) is 11.3. The maximum absolute atomic E-state index is 12.0. The zero-order chi connectivity index (χ0) is 34.9. The Kier molecular flexibility index (Phi) is 41.0. The van der Waals surface area contributed by atoms with Crippen LogP contribution in [0.4, 0.5) is 0 Å². The van der Waals surface area contributed by atoms with E-state index in [1.165, 1.54) is 167 Å². The molecule has 0 heterocycles. The van der Waals surface area contributed by atoms with Crippen molar-refractivity contribution >= 4 is 11.8 Å². The van der Waals surface area contributed by atoms with Gasteiger partial charge in [0.25, 0.3) is 0 Å². The van der Waals surface area contributed by atoms with Crippen LogP contribution in [0.1, 0.15) is 219 Å². The Bertz CT molecular complexity index is 591. The number of amides is 2. The molecule has 0 unspecified atom stereocenters. The van der Waals surface area contributed by atoms with E-state index in [9.17, 15) is 9.59 Å². The van der Waals surface area contributed by atoms with Crippen LogP contribution < -0.4 is 10.6 Å². The number of rotatable bonds is 41. The monoisotopic (exact) mass is 681 g/mol. The lowest BCUT2D eigenvalue weighted by atomic mass is 10.0. The molecule has 0 atom stereocenters. The summed E-state index contributed by atoms with van der Waals surface area (Å²) in [6.07, 6.45) is 41.4. The van der Waals surface area contributed by atoms with Gasteiger partial charge in [-0.2, -0.15) is 0 Å². The van der Waals surface area contributed by atoms with Crippen molar-refractivity contribution in [2.75, 3.05) is 39.5 Å². The smallest absolute Gasteiger partial charge is 0.220 e. The molecule has 0 bridgehead atoms. The molecular weight excluding hydrogens is 596 g/mol. The maximum Gasteiger partial charge on any atom is 0.220 e. The first-order valence-corrected chi connectivity index (χ1v) is 21.4. The quantitative estimate of drug-likeness (QED) is 0.0630. The largest absolute Gasteiger partial charge is 0.377 e. The number of hydrogen-bond donors (Lipinski definition) is 2. The summed E-state index contributed by atoms with van der Waals surface area (Å²) in [6.45, 7) is 7.67. The van der Waals surface area contributed by atoms with Crippen LogP contribution in [0.5, 0.6) is 0 Å². The zero-order valence-electron chi connectivity index (χ0n) is 32.5. The summed E-state index contributed by atoms with van der Waals surface area (Å²) in [7, 11) is 0. The van der Waals surface area contributed by atoms with Crippen molar-refractivity contribution in [3.05, 3.63) is 0 Å². The molecule has 0 aromatic carbocycles. The van der Waals surface area contributed by atoms with Gasteiger partial charge in [-0.3, -0.25) is 9.59 Å². The predicted octanol–water partition coefficient (Wildman–Crippen LogP) is 11.8. The average molecular weight is 681 g/mol. The molecule has 286 valence electrons. The van der Waals surface area contributed by atoms with Gasteiger partial charge in [0.2, 0.25) is 11.8 Å². The van der Waals surface area contributed by atoms with Gasteiger partial charge in [-0.05, 0) is 12.8 Å². The molecule has 0 rings (SSSR count). The van der Waals surface area contributed by atoms with E-state index in [1.807, 2.05) is 0 Å². The van der Waals surface area contributed by atoms with Gasteiger partial charge in [-0.15, -0.1) is 0 Å². The second-order valence-electron chi connectivity index (χ2n) is 14.3. The molecule has 0 radical (unpaired) electrons. The van der Waals surface area contributed by atoms with Crippen LogP contribution in [0, 0.1) is 0 Å². The molecule has 0 aliphatic heterocycles. The summed E-state index contributed by atoms with van der Waals surface area (Å²) in [5.74, 6) is 0.259. The highest BCUT2D eigenvalue weighted by Gasteiger charge is 2.03. The lowest BCUT2D eigenvalue weighted by Crippen LogP contribution is -2.28. The molecule has 0 aliphatic rings. The summed E-state index contributed by atoms with van der Waals surface area (Å²) in [4.78, 5) is 24.0. The Labute approximate surface area is 299 Å². The minimum absolute atomic E-state index is 0.129. The van der Waals surface area contributed by atoms with Crippen molar-refractivity contribution in [3.63, 3.8) is 0 Å². The van der Waals surface area contributed by atoms with Gasteiger partial charge < -0.3 is 20.1 Å². The maximum atomic E-state index is 12.0. The third-order valence-corrected chi connectivity index (χ3v) is 9.52. The van der Waals surface area contributed by atoms with E-state index in [2.05, 4.69) is 24.5 Å². The molecule has 6 nitrogen and oxygen atoms in total. The van der Waals surface area contributed by atoms with E-state index >= 15 is 0 Å². The van der Waals surface area contributed by atoms with Crippen molar-refractivity contribution in [1.29, 1.82) is 0 Å². The van der Waals surface area contributed by atoms with E-state index in [0.717, 1.165) is 25.7 Å². The van der Waals surface area contributed by atoms with Crippen molar-refractivity contribution < 1.29 is 19.1 Å². The molecule has 0 aromatic heterocycles. The van der Waals surface area contributed by atoms with Gasteiger partial charge in [0, 0.05) is 25.9 Å². The van der Waals surface area contributed by atoms with Crippen LogP contribution in [0.2, 0.25) is 0 Å². The topological polar surface area (TPSA) is 76.7 Å². The van der Waals surface area contributed by atoms with Crippen molar-refractivity contribution in [2.45, 2.75) is 219 Å². The Morgan fingerprint density at radius 2 is 0.562 bits per heavy atom. The molecule has 0 saturated carbocycles. The average Bonchev–Trinajstić information content (AvgIpc) is 3.09. The second-order valence-corrected chi connectivity index (χ2v) is 14.3. The summed E-state index contributed by atoms with van der Waals surface area (Å²) in [5.41, 5.74) is 0. The molecule has 0 spiro atoms. The molecule has 2 amide bonds. The van der Waals surface area contributed by atoms with Crippen LogP contribution in [-0.4, -0.2) is 51.3 Å². The summed E-state index contributed by atoms with van der Waals surface area (Å²) < 4.78 is 11.1. The fourth-order valence-electron chi connectivity index (χ4n) is 6.34. The Morgan fingerprint density at radius 1 is 0.333 bits per heavy atom. The Morgan fingerprint density at radius 3 is 0.812 bits per heavy atom. The van der Waals surface area contributed by atoms with Gasteiger partial charge in [-0.25, -0.2) is 0 Å². The number of carbonyl (C=O) groups is 2. The third-order valence-electron chi connectivity index (χ3n) is 9.52. The van der Waals surface area contributed by atoms with Crippen molar-refractivity contribution in [2.24, 2.45) is 0 Å². The fourth-order valence-corrected chi connectivity index (χ4v) is 6.34. The second kappa shape index (κ2) is 42.0. The number of ether oxygens (including phenoxy) is 2. The van der Waals surface area contributed by atoms with Crippen LogP contribution >= 0.6 is 0 Å². The molecule has 0 aliphatic carbocycles. The molecule has 2 N–H and O–H groups in total. The predicted molar refractivity (Wildman–Crippen MR) is 207 cm³/mol. The first-order chi connectivity index (χ1) is 23.7. The minimum atomic E-state index is 0.129. The van der Waals surface area contributed by atoms with Crippen molar-refractivity contribution in [3.8, 4) is 0 Å². The number of carbonyl (C=O) groups excluding carboxylic acids is 2. The third kappa shape index (κ3) is 41.0. The zero-order valence-corrected chi connectivity index (χ0v) is 32.5. The first-order valence-electron chi connectivity index (χ1n) is 21.4. The van der Waals surface area contributed by atoms with Crippen LogP contribution in [0.15, 0.2) is 0 Å². The highest BCUT2D eigenvalue weighted by molar-refractivity contribution is 5.76. The van der Waals surface area contributed by atoms with E-state index in [0.29, 0.717) is 52.4 Å². The van der Waals surface area contributed by atoms with Crippen LogP contribution in [-0.2, 0) is 19.1 Å². The standard InChI is InChI=1S/C42H84N2O4/c1-3-5-7-9-11-13-15-17-19-21-23-25-27-29-31-33-41(45)43-35-37-47-39-40-48-38-36-44-42(46)34-32-30-28-26-24-22-20-18-16-14-12-10-8-6-4-2/h3-40H2,1-2H3,(H,43,45)(H,44,46). The van der Waals surface area contributed by atoms with Gasteiger partial charge in [0.05, 0.1) is 26.4 Å². The number of nitrogens with one attached hydrogen (secondary N) is 2. The Balaban J connectivity index is 3.23. The number of unbranched alkanes of at least 4 members (excludes halogenated alkanes) is 28. The van der Waals surface area contributed by atoms with Gasteiger partial charge in [0.1, 0.15) is 0 Å². The molecule has 0 aromatic rings. The summed E-state index contributed by atoms with van der Waals surface area (Å²) in [6, 6.07) is 0. The van der Waals surface area contributed by atoms with Crippen LogP contribution in [0.3, 0.4) is 0 Å². The molecule has 6 heteroatoms. The lowest BCUT2D eigenvalue weighted by molar-refractivity contribution is -0.122. The Hall–Kier alpha value is -1.14. The summed E-state index contributed by atoms with van der Waals surface area (Å²) >= 11 is 0. The molecule has 0 fully saturated rings. The van der Waals surface area contributed by atoms with Gasteiger partial charge in [-0.1, -0.05) is 194 Å². The van der Waals surface area contributed by atoms with Gasteiger partial charge >= 0.3 is 0 Å². The number of hydrogen-bond acceptors (Lipinski definition) is 4. The van der Waals surface area contributed by atoms with E-state index in [1.54, 1.807) is 0 Å². The van der Waals surface area contributed by atoms with Gasteiger partial charge in [0.15, 0.2) is 0 Å². The van der Waals surface area contributed by atoms with E-state index < -0.39 is 0 Å². The lowest BCUT2D eigenvalue weighted by Gasteiger charge is -2.08. The fraction of sp³-hybridized carbons (Fsp3) is 0.952. The van der Waals surface area contributed by atoms with Crippen molar-refractivity contribution in [1.82, 2.24) is 10.6 Å². The minimum Gasteiger partial charge on any atom is -0.377 e. The highest BCUT2D eigenvalue weighted by atomic mass is 16.5. The van der Waals surface area contributed by atoms with E-state index in [4.69, 9.17) is 9.47 Å². The molecule has 48 heavy (non-hydrogen) atoms. The first kappa shape index (κ1) is 46.9. The molecular formula is C42H84N2O4. The highest BCUT2D eigenvalue weighted by Crippen LogP contribution is 2.15. The molecule has 0 saturated heterocycles. The van der Waals surface area contributed by atoms with Crippen LogP contribution in [0.25, 0.3) is 0 Å².